The molecule has 3 fully saturated rings. The number of benzene rings is 1. The van der Waals surface area contributed by atoms with Crippen LogP contribution >= 0.6 is 0 Å². The summed E-state index contributed by atoms with van der Waals surface area (Å²) >= 11 is 0. The molecule has 3 N–H and O–H groups in total. The molecule has 196 valence electrons. The second-order valence-electron chi connectivity index (χ2n) is 10.7. The molecule has 1 aliphatic heterocycles. The Kier molecular flexibility index (Phi) is 6.07. The third kappa shape index (κ3) is 5.15. The molecule has 1 spiro atoms. The van der Waals surface area contributed by atoms with E-state index in [0.29, 0.717) is 34.1 Å². The summed E-state index contributed by atoms with van der Waals surface area (Å²) in [6.07, 6.45) is 10.6. The largest absolute Gasteiger partial charge is 0.395 e. The van der Waals surface area contributed by atoms with Gasteiger partial charge in [-0.05, 0) is 74.1 Å². The van der Waals surface area contributed by atoms with Gasteiger partial charge in [0.2, 0.25) is 10.0 Å². The van der Waals surface area contributed by atoms with E-state index < -0.39 is 16.6 Å². The van der Waals surface area contributed by atoms with E-state index in [1.54, 1.807) is 18.2 Å². The molecule has 3 aliphatic rings. The van der Waals surface area contributed by atoms with E-state index in [2.05, 4.69) is 29.5 Å². The fourth-order valence-corrected chi connectivity index (χ4v) is 6.13. The van der Waals surface area contributed by atoms with Gasteiger partial charge in [-0.15, -0.1) is 0 Å². The molecule has 2 aromatic heterocycles. The average Bonchev–Trinajstić information content (AvgIpc) is 3.79. The minimum Gasteiger partial charge on any atom is -0.395 e. The molecule has 0 bridgehead atoms. The van der Waals surface area contributed by atoms with Gasteiger partial charge in [0.15, 0.2) is 0 Å². The van der Waals surface area contributed by atoms with E-state index in [-0.39, 0.29) is 11.7 Å². The van der Waals surface area contributed by atoms with Crippen LogP contribution in [0.5, 0.6) is 0 Å². The van der Waals surface area contributed by atoms with Crippen LogP contribution in [0.2, 0.25) is 0 Å². The van der Waals surface area contributed by atoms with Crippen LogP contribution in [0.1, 0.15) is 48.9 Å². The molecule has 1 amide bonds. The molecule has 11 heteroatoms. The molecule has 37 heavy (non-hydrogen) atoms. The lowest BCUT2D eigenvalue weighted by molar-refractivity contribution is 0.102. The van der Waals surface area contributed by atoms with Crippen molar-refractivity contribution in [3.8, 4) is 0 Å². The number of hydrogen-bond donors (Lipinski definition) is 3. The van der Waals surface area contributed by atoms with Gasteiger partial charge in [0, 0.05) is 25.8 Å². The summed E-state index contributed by atoms with van der Waals surface area (Å²) in [4.78, 5) is 24.5. The molecule has 2 saturated carbocycles. The van der Waals surface area contributed by atoms with Crippen LogP contribution in [-0.2, 0) is 16.6 Å². The molecular formula is C26H32N6O4S. The number of amides is 1. The monoisotopic (exact) mass is 524 g/mol. The summed E-state index contributed by atoms with van der Waals surface area (Å²) < 4.78 is 29.2. The number of aromatic nitrogens is 3. The fourth-order valence-electron chi connectivity index (χ4n) is 5.30. The van der Waals surface area contributed by atoms with Gasteiger partial charge in [0.1, 0.15) is 17.8 Å². The fraction of sp³-hybridized carbons (Fsp3) is 0.500. The molecule has 0 unspecified atom stereocenters. The predicted molar refractivity (Wildman–Crippen MR) is 142 cm³/mol. The summed E-state index contributed by atoms with van der Waals surface area (Å²) in [6, 6.07) is 6.89. The topological polar surface area (TPSA) is 129 Å². The predicted octanol–water partition coefficient (Wildman–Crippen LogP) is 3.21. The Labute approximate surface area is 216 Å². The number of piperidine rings is 1. The molecule has 10 nitrogen and oxygen atoms in total. The highest BCUT2D eigenvalue weighted by atomic mass is 32.2. The zero-order valence-corrected chi connectivity index (χ0v) is 21.5. The molecule has 0 atom stereocenters. The number of aliphatic hydroxyl groups excluding tert-OH is 1. The highest BCUT2D eigenvalue weighted by Gasteiger charge is 2.44. The highest BCUT2D eigenvalue weighted by Crippen LogP contribution is 2.54. The van der Waals surface area contributed by atoms with Gasteiger partial charge in [-0.25, -0.2) is 18.4 Å². The molecule has 1 saturated heterocycles. The molecular weight excluding hydrogens is 492 g/mol. The van der Waals surface area contributed by atoms with Crippen molar-refractivity contribution in [2.75, 3.05) is 40.4 Å². The van der Waals surface area contributed by atoms with Crippen molar-refractivity contribution in [2.45, 2.75) is 45.1 Å². The lowest BCUT2D eigenvalue weighted by Gasteiger charge is -2.35. The van der Waals surface area contributed by atoms with Gasteiger partial charge in [0.25, 0.3) is 5.91 Å². The number of hydrogen-bond acceptors (Lipinski definition) is 7. The van der Waals surface area contributed by atoms with E-state index in [0.717, 1.165) is 43.5 Å². The Balaban J connectivity index is 1.29. The Morgan fingerprint density at radius 3 is 2.59 bits per heavy atom. The first-order valence-corrected chi connectivity index (χ1v) is 14.6. The van der Waals surface area contributed by atoms with E-state index in [4.69, 9.17) is 5.11 Å². The molecule has 1 aromatic carbocycles. The number of nitrogens with zero attached hydrogens (tertiary/aromatic N) is 4. The summed E-state index contributed by atoms with van der Waals surface area (Å²) in [5, 5.41) is 12.9. The second kappa shape index (κ2) is 9.29. The zero-order valence-electron chi connectivity index (χ0n) is 20.7. The third-order valence-electron chi connectivity index (χ3n) is 7.94. The minimum absolute atomic E-state index is 0.304. The number of sulfonamides is 1. The van der Waals surface area contributed by atoms with Gasteiger partial charge < -0.3 is 19.9 Å². The maximum atomic E-state index is 13.6. The van der Waals surface area contributed by atoms with E-state index in [9.17, 15) is 13.2 Å². The van der Waals surface area contributed by atoms with Crippen LogP contribution in [-0.4, -0.2) is 59.4 Å². The van der Waals surface area contributed by atoms with Crippen LogP contribution in [0, 0.1) is 11.3 Å². The molecule has 0 radical (unpaired) electrons. The first kappa shape index (κ1) is 24.2. The van der Waals surface area contributed by atoms with Gasteiger partial charge in [0.05, 0.1) is 34.7 Å². The lowest BCUT2D eigenvalue weighted by atomic mass is 9.93. The number of anilines is 3. The van der Waals surface area contributed by atoms with Crippen molar-refractivity contribution in [2.24, 2.45) is 11.3 Å². The molecule has 2 aliphatic carbocycles. The van der Waals surface area contributed by atoms with Crippen molar-refractivity contribution in [1.29, 1.82) is 0 Å². The Bertz CT molecular complexity index is 1430. The number of fused-ring (bicyclic) bond motifs is 1. The van der Waals surface area contributed by atoms with Crippen LogP contribution in [0.3, 0.4) is 0 Å². The highest BCUT2D eigenvalue weighted by molar-refractivity contribution is 7.92. The summed E-state index contributed by atoms with van der Waals surface area (Å²) in [5.41, 5.74) is 2.78. The van der Waals surface area contributed by atoms with Crippen LogP contribution in [0.15, 0.2) is 36.8 Å². The smallest absolute Gasteiger partial charge is 0.258 e. The second-order valence-corrected chi connectivity index (χ2v) is 12.5. The maximum absolute atomic E-state index is 13.6. The van der Waals surface area contributed by atoms with Crippen LogP contribution in [0.4, 0.5) is 17.2 Å². The van der Waals surface area contributed by atoms with Crippen LogP contribution in [0.25, 0.3) is 11.0 Å². The summed E-state index contributed by atoms with van der Waals surface area (Å²) in [6.45, 7) is 2.08. The summed E-state index contributed by atoms with van der Waals surface area (Å²) in [7, 11) is -3.69. The number of rotatable bonds is 9. The van der Waals surface area contributed by atoms with Crippen molar-refractivity contribution in [1.82, 2.24) is 14.5 Å². The third-order valence-corrected chi connectivity index (χ3v) is 9.20. The number of carbonyl (C=O) groups is 1. The quantitative estimate of drug-likeness (QED) is 0.392. The SMILES string of the molecule is O=C(Nc1ncnc2c1ccn2CC1CC1)c1ccc(NS(=O)(=O)CCO)cc1N1CCC2(CC1)CC2. The number of nitrogens with one attached hydrogen (secondary N) is 2. The van der Waals surface area contributed by atoms with Crippen molar-refractivity contribution >= 4 is 44.2 Å². The normalized spacial score (nSPS) is 18.8. The summed E-state index contributed by atoms with van der Waals surface area (Å²) in [5.74, 6) is 0.458. The molecule has 6 rings (SSSR count). The zero-order chi connectivity index (χ0) is 25.6. The number of aliphatic hydroxyl groups is 1. The van der Waals surface area contributed by atoms with E-state index >= 15 is 0 Å². The Morgan fingerprint density at radius 1 is 1.11 bits per heavy atom. The molecule has 3 heterocycles. The first-order chi connectivity index (χ1) is 17.8. The average molecular weight is 525 g/mol. The van der Waals surface area contributed by atoms with Crippen LogP contribution < -0.4 is 14.9 Å². The van der Waals surface area contributed by atoms with E-state index in [1.807, 2.05) is 12.3 Å². The lowest BCUT2D eigenvalue weighted by Crippen LogP contribution is -2.35. The minimum atomic E-state index is -3.69. The van der Waals surface area contributed by atoms with Gasteiger partial charge in [-0.3, -0.25) is 9.52 Å². The van der Waals surface area contributed by atoms with Crippen molar-refractivity contribution < 1.29 is 18.3 Å². The Morgan fingerprint density at radius 2 is 1.89 bits per heavy atom. The van der Waals surface area contributed by atoms with Crippen molar-refractivity contribution in [3.05, 3.63) is 42.4 Å². The molecule has 3 aromatic rings. The Hall–Kier alpha value is -3.18. The van der Waals surface area contributed by atoms with Gasteiger partial charge in [-0.2, -0.15) is 0 Å². The van der Waals surface area contributed by atoms with Gasteiger partial charge >= 0.3 is 0 Å². The first-order valence-electron chi connectivity index (χ1n) is 13.0. The maximum Gasteiger partial charge on any atom is 0.258 e. The van der Waals surface area contributed by atoms with Gasteiger partial charge in [-0.1, -0.05) is 0 Å². The standard InChI is InChI=1S/C26H32N6O4S/c33-13-14-37(35,36)30-19-3-4-20(22(15-19)31-11-8-26(6-7-26)9-12-31)25(34)29-23-21-5-10-32(16-18-1-2-18)24(21)28-17-27-23/h3-5,10,15,17-18,30,33H,1-2,6-9,11-14,16H2,(H,27,28,29,34). The van der Waals surface area contributed by atoms with E-state index in [1.165, 1.54) is 32.0 Å². The number of carbonyl (C=O) groups excluding carboxylic acids is 1. The van der Waals surface area contributed by atoms with Crippen molar-refractivity contribution in [3.63, 3.8) is 0 Å².